The Hall–Kier alpha value is -4.53. The Balaban J connectivity index is 1.60. The Kier molecular flexibility index (Phi) is 6.12. The standard InChI is InChI=1S/C24H21N3O6/c1-30-20-11-14(12-21(31-2)22(20)32-3)23(28)26-27-24(29)16-13-18(19-9-6-10-33-19)25-17-8-5-4-7-15(16)17/h4-13H,1-3H3,(H,26,28)(H,27,29). The van der Waals surface area contributed by atoms with Crippen LogP contribution < -0.4 is 25.1 Å². The molecule has 0 atom stereocenters. The molecule has 168 valence electrons. The molecule has 9 nitrogen and oxygen atoms in total. The number of amides is 2. The van der Waals surface area contributed by atoms with E-state index in [-0.39, 0.29) is 5.56 Å². The van der Waals surface area contributed by atoms with Crippen LogP contribution in [0.5, 0.6) is 17.2 Å². The Bertz CT molecular complexity index is 1290. The van der Waals surface area contributed by atoms with Crippen LogP contribution in [0.1, 0.15) is 20.7 Å². The van der Waals surface area contributed by atoms with Crippen molar-refractivity contribution in [2.24, 2.45) is 0 Å². The molecule has 2 aromatic carbocycles. The number of pyridine rings is 1. The Morgan fingerprint density at radius 2 is 1.55 bits per heavy atom. The van der Waals surface area contributed by atoms with Crippen molar-refractivity contribution in [1.29, 1.82) is 0 Å². The van der Waals surface area contributed by atoms with E-state index in [1.807, 2.05) is 12.1 Å². The number of fused-ring (bicyclic) bond motifs is 1. The highest BCUT2D eigenvalue weighted by Gasteiger charge is 2.19. The molecule has 0 unspecified atom stereocenters. The van der Waals surface area contributed by atoms with Crippen LogP contribution in [0.2, 0.25) is 0 Å². The van der Waals surface area contributed by atoms with Crippen LogP contribution in [0.3, 0.4) is 0 Å². The molecule has 0 saturated carbocycles. The predicted octanol–water partition coefficient (Wildman–Crippen LogP) is 3.60. The lowest BCUT2D eigenvalue weighted by molar-refractivity contribution is 0.0847. The van der Waals surface area contributed by atoms with E-state index in [9.17, 15) is 9.59 Å². The molecule has 0 aliphatic rings. The molecule has 0 spiro atoms. The summed E-state index contributed by atoms with van der Waals surface area (Å²) >= 11 is 0. The zero-order chi connectivity index (χ0) is 23.4. The molecular weight excluding hydrogens is 426 g/mol. The van der Waals surface area contributed by atoms with Crippen LogP contribution in [-0.2, 0) is 0 Å². The molecule has 2 aromatic heterocycles. The van der Waals surface area contributed by atoms with Gasteiger partial charge in [0.2, 0.25) is 5.75 Å². The summed E-state index contributed by atoms with van der Waals surface area (Å²) in [5.41, 5.74) is 6.54. The van der Waals surface area contributed by atoms with Crippen LogP contribution >= 0.6 is 0 Å². The van der Waals surface area contributed by atoms with Gasteiger partial charge in [-0.1, -0.05) is 18.2 Å². The number of aromatic nitrogens is 1. The first-order valence-corrected chi connectivity index (χ1v) is 9.90. The van der Waals surface area contributed by atoms with Gasteiger partial charge < -0.3 is 18.6 Å². The van der Waals surface area contributed by atoms with Crippen molar-refractivity contribution >= 4 is 22.7 Å². The highest BCUT2D eigenvalue weighted by molar-refractivity contribution is 6.08. The summed E-state index contributed by atoms with van der Waals surface area (Å²) in [6.07, 6.45) is 1.53. The van der Waals surface area contributed by atoms with Gasteiger partial charge in [0.25, 0.3) is 11.8 Å². The summed E-state index contributed by atoms with van der Waals surface area (Å²) < 4.78 is 21.2. The second-order valence-corrected chi connectivity index (χ2v) is 6.87. The van der Waals surface area contributed by atoms with Crippen molar-refractivity contribution in [2.75, 3.05) is 21.3 Å². The van der Waals surface area contributed by atoms with Gasteiger partial charge in [-0.25, -0.2) is 4.98 Å². The van der Waals surface area contributed by atoms with Crippen LogP contribution in [-0.4, -0.2) is 38.1 Å². The van der Waals surface area contributed by atoms with Crippen LogP contribution in [0.15, 0.2) is 65.3 Å². The van der Waals surface area contributed by atoms with Gasteiger partial charge in [-0.15, -0.1) is 0 Å². The minimum Gasteiger partial charge on any atom is -0.493 e. The lowest BCUT2D eigenvalue weighted by Crippen LogP contribution is -2.41. The zero-order valence-corrected chi connectivity index (χ0v) is 18.2. The predicted molar refractivity (Wildman–Crippen MR) is 120 cm³/mol. The van der Waals surface area contributed by atoms with Gasteiger partial charge in [-0.2, -0.15) is 0 Å². The lowest BCUT2D eigenvalue weighted by atomic mass is 10.1. The molecule has 0 fully saturated rings. The lowest BCUT2D eigenvalue weighted by Gasteiger charge is -2.14. The summed E-state index contributed by atoms with van der Waals surface area (Å²) in [5, 5.41) is 0.632. The van der Waals surface area contributed by atoms with Crippen LogP contribution in [0, 0.1) is 0 Å². The average molecular weight is 447 g/mol. The van der Waals surface area contributed by atoms with E-state index in [0.29, 0.717) is 45.2 Å². The third-order valence-electron chi connectivity index (χ3n) is 4.95. The second kappa shape index (κ2) is 9.31. The molecule has 2 N–H and O–H groups in total. The fourth-order valence-corrected chi connectivity index (χ4v) is 3.38. The number of carbonyl (C=O) groups is 2. The van der Waals surface area contributed by atoms with Gasteiger partial charge in [0.05, 0.1) is 38.7 Å². The molecule has 0 saturated heterocycles. The average Bonchev–Trinajstić information content (AvgIpc) is 3.40. The molecule has 4 rings (SSSR count). The van der Waals surface area contributed by atoms with E-state index in [2.05, 4.69) is 15.8 Å². The summed E-state index contributed by atoms with van der Waals surface area (Å²) in [6, 6.07) is 15.3. The number of hydrazine groups is 1. The monoisotopic (exact) mass is 447 g/mol. The number of ether oxygens (including phenoxy) is 3. The third kappa shape index (κ3) is 4.29. The first kappa shape index (κ1) is 21.7. The maximum Gasteiger partial charge on any atom is 0.270 e. The van der Waals surface area contributed by atoms with Crippen molar-refractivity contribution in [3.63, 3.8) is 0 Å². The molecular formula is C24H21N3O6. The van der Waals surface area contributed by atoms with Gasteiger partial charge in [0, 0.05) is 10.9 Å². The summed E-state index contributed by atoms with van der Waals surface area (Å²) in [5.74, 6) is 0.438. The van der Waals surface area contributed by atoms with Gasteiger partial charge in [0.15, 0.2) is 17.3 Å². The Morgan fingerprint density at radius 3 is 2.18 bits per heavy atom. The van der Waals surface area contributed by atoms with Gasteiger partial charge in [-0.3, -0.25) is 20.4 Å². The minimum atomic E-state index is -0.563. The number of benzene rings is 2. The van der Waals surface area contributed by atoms with Gasteiger partial charge >= 0.3 is 0 Å². The first-order valence-electron chi connectivity index (χ1n) is 9.90. The molecule has 2 amide bonds. The number of nitrogens with one attached hydrogen (secondary N) is 2. The van der Waals surface area contributed by atoms with E-state index in [4.69, 9.17) is 18.6 Å². The fourth-order valence-electron chi connectivity index (χ4n) is 3.38. The molecule has 2 heterocycles. The number of methoxy groups -OCH3 is 3. The van der Waals surface area contributed by atoms with E-state index < -0.39 is 11.8 Å². The fraction of sp³-hybridized carbons (Fsp3) is 0.125. The molecule has 0 aliphatic heterocycles. The highest BCUT2D eigenvalue weighted by Crippen LogP contribution is 2.38. The number of nitrogens with zero attached hydrogens (tertiary/aromatic N) is 1. The molecule has 4 aromatic rings. The molecule has 9 heteroatoms. The highest BCUT2D eigenvalue weighted by atomic mass is 16.5. The van der Waals surface area contributed by atoms with E-state index in [1.165, 1.54) is 39.7 Å². The van der Waals surface area contributed by atoms with Gasteiger partial charge in [-0.05, 0) is 36.4 Å². The normalized spacial score (nSPS) is 10.5. The largest absolute Gasteiger partial charge is 0.493 e. The van der Waals surface area contributed by atoms with Crippen molar-refractivity contribution in [3.05, 3.63) is 72.0 Å². The van der Waals surface area contributed by atoms with Crippen molar-refractivity contribution in [3.8, 4) is 28.7 Å². The SMILES string of the molecule is COc1cc(C(=O)NNC(=O)c2cc(-c3ccco3)nc3ccccc23)cc(OC)c1OC. The maximum absolute atomic E-state index is 13.0. The molecule has 0 bridgehead atoms. The van der Waals surface area contributed by atoms with E-state index in [0.717, 1.165) is 0 Å². The van der Waals surface area contributed by atoms with Gasteiger partial charge in [0.1, 0.15) is 5.69 Å². The van der Waals surface area contributed by atoms with Crippen molar-refractivity contribution < 1.29 is 28.2 Å². The number of furan rings is 1. The quantitative estimate of drug-likeness (QED) is 0.435. The minimum absolute atomic E-state index is 0.209. The summed E-state index contributed by atoms with van der Waals surface area (Å²) in [4.78, 5) is 30.3. The first-order chi connectivity index (χ1) is 16.0. The zero-order valence-electron chi connectivity index (χ0n) is 18.2. The Labute approximate surface area is 189 Å². The summed E-state index contributed by atoms with van der Waals surface area (Å²) in [7, 11) is 4.37. The molecule has 33 heavy (non-hydrogen) atoms. The van der Waals surface area contributed by atoms with Crippen molar-refractivity contribution in [2.45, 2.75) is 0 Å². The molecule has 0 aliphatic carbocycles. The number of para-hydroxylation sites is 1. The number of hydrogen-bond donors (Lipinski definition) is 2. The summed E-state index contributed by atoms with van der Waals surface area (Å²) in [6.45, 7) is 0. The second-order valence-electron chi connectivity index (χ2n) is 6.87. The van der Waals surface area contributed by atoms with Crippen LogP contribution in [0.25, 0.3) is 22.4 Å². The third-order valence-corrected chi connectivity index (χ3v) is 4.95. The smallest absolute Gasteiger partial charge is 0.270 e. The van der Waals surface area contributed by atoms with E-state index in [1.54, 1.807) is 30.3 Å². The number of carbonyl (C=O) groups excluding carboxylic acids is 2. The van der Waals surface area contributed by atoms with Crippen molar-refractivity contribution in [1.82, 2.24) is 15.8 Å². The topological polar surface area (TPSA) is 112 Å². The Morgan fingerprint density at radius 1 is 0.848 bits per heavy atom. The van der Waals surface area contributed by atoms with Crippen LogP contribution in [0.4, 0.5) is 0 Å². The number of hydrogen-bond acceptors (Lipinski definition) is 7. The van der Waals surface area contributed by atoms with E-state index >= 15 is 0 Å². The maximum atomic E-state index is 13.0. The molecule has 0 radical (unpaired) electrons. The number of rotatable bonds is 6.